The van der Waals surface area contributed by atoms with E-state index in [1.165, 1.54) is 6.42 Å². The molecule has 0 spiro atoms. The van der Waals surface area contributed by atoms with E-state index in [9.17, 15) is 0 Å². The number of halogens is 1. The van der Waals surface area contributed by atoms with E-state index in [4.69, 9.17) is 20.2 Å². The first-order valence-electron chi connectivity index (χ1n) is 8.23. The number of hydrogen-bond donors (Lipinski definition) is 1. The number of benzene rings is 1. The van der Waals surface area contributed by atoms with E-state index in [1.54, 1.807) is 18.4 Å². The lowest BCUT2D eigenvalue weighted by molar-refractivity contribution is 0.271. The molecule has 1 aromatic heterocycles. The highest BCUT2D eigenvalue weighted by Crippen LogP contribution is 2.29. The molecule has 2 heterocycles. The average molecular weight is 384 g/mol. The van der Waals surface area contributed by atoms with Crippen molar-refractivity contribution in [3.63, 3.8) is 0 Å². The summed E-state index contributed by atoms with van der Waals surface area (Å²) in [7, 11) is 1.66. The SMILES string of the molecule is COc1ccc(OCc2nc(CN3CCC(C)(CN)C3)cs2)cc1.Cl. The zero-order valence-corrected chi connectivity index (χ0v) is 16.4. The molecule has 1 fully saturated rings. The first-order valence-corrected chi connectivity index (χ1v) is 9.11. The third kappa shape index (κ3) is 5.31. The third-order valence-electron chi connectivity index (χ3n) is 4.54. The topological polar surface area (TPSA) is 60.6 Å². The van der Waals surface area contributed by atoms with E-state index < -0.39 is 0 Å². The Morgan fingerprint density at radius 1 is 1.28 bits per heavy atom. The number of rotatable bonds is 7. The van der Waals surface area contributed by atoms with Gasteiger partial charge in [-0.25, -0.2) is 4.98 Å². The van der Waals surface area contributed by atoms with Crippen molar-refractivity contribution >= 4 is 23.7 Å². The van der Waals surface area contributed by atoms with Gasteiger partial charge in [0.15, 0.2) is 0 Å². The molecule has 0 saturated carbocycles. The number of likely N-dealkylation sites (tertiary alicyclic amines) is 1. The summed E-state index contributed by atoms with van der Waals surface area (Å²) < 4.78 is 10.9. The zero-order chi connectivity index (χ0) is 17.0. The molecule has 25 heavy (non-hydrogen) atoms. The van der Waals surface area contributed by atoms with Crippen LogP contribution in [0.4, 0.5) is 0 Å². The maximum absolute atomic E-state index is 5.88. The lowest BCUT2D eigenvalue weighted by Gasteiger charge is -2.22. The Bertz CT molecular complexity index is 665. The van der Waals surface area contributed by atoms with E-state index in [1.807, 2.05) is 24.3 Å². The van der Waals surface area contributed by atoms with Gasteiger partial charge >= 0.3 is 0 Å². The second-order valence-corrected chi connectivity index (χ2v) is 7.61. The molecule has 2 N–H and O–H groups in total. The van der Waals surface area contributed by atoms with Crippen LogP contribution in [0.1, 0.15) is 24.0 Å². The van der Waals surface area contributed by atoms with Crippen LogP contribution in [0.3, 0.4) is 0 Å². The molecular formula is C18H26ClN3O2S. The van der Waals surface area contributed by atoms with E-state index >= 15 is 0 Å². The summed E-state index contributed by atoms with van der Waals surface area (Å²) in [6.07, 6.45) is 1.17. The van der Waals surface area contributed by atoms with Crippen molar-refractivity contribution in [3.8, 4) is 11.5 Å². The second kappa shape index (κ2) is 8.85. The van der Waals surface area contributed by atoms with E-state index in [2.05, 4.69) is 17.2 Å². The highest BCUT2D eigenvalue weighted by Gasteiger charge is 2.32. The van der Waals surface area contributed by atoms with Crippen LogP contribution < -0.4 is 15.2 Å². The van der Waals surface area contributed by atoms with Crippen molar-refractivity contribution in [2.24, 2.45) is 11.1 Å². The molecular weight excluding hydrogens is 358 g/mol. The summed E-state index contributed by atoms with van der Waals surface area (Å²) in [6, 6.07) is 7.60. The first-order chi connectivity index (χ1) is 11.6. The fraction of sp³-hybridized carbons (Fsp3) is 0.500. The second-order valence-electron chi connectivity index (χ2n) is 6.67. The lowest BCUT2D eigenvalue weighted by Crippen LogP contribution is -2.31. The Morgan fingerprint density at radius 3 is 2.64 bits per heavy atom. The summed E-state index contributed by atoms with van der Waals surface area (Å²) >= 11 is 1.65. The van der Waals surface area contributed by atoms with Gasteiger partial charge in [-0.2, -0.15) is 0 Å². The van der Waals surface area contributed by atoms with Gasteiger partial charge in [-0.3, -0.25) is 4.90 Å². The van der Waals surface area contributed by atoms with Gasteiger partial charge in [0.1, 0.15) is 23.1 Å². The van der Waals surface area contributed by atoms with Gasteiger partial charge in [-0.1, -0.05) is 6.92 Å². The van der Waals surface area contributed by atoms with Crippen LogP contribution in [0, 0.1) is 5.41 Å². The molecule has 1 aliphatic rings. The number of hydrogen-bond acceptors (Lipinski definition) is 6. The minimum absolute atomic E-state index is 0. The van der Waals surface area contributed by atoms with Crippen LogP contribution in [-0.2, 0) is 13.2 Å². The molecule has 5 nitrogen and oxygen atoms in total. The largest absolute Gasteiger partial charge is 0.497 e. The van der Waals surface area contributed by atoms with E-state index in [0.29, 0.717) is 6.61 Å². The Hall–Kier alpha value is -1.34. The van der Waals surface area contributed by atoms with Crippen LogP contribution in [0.2, 0.25) is 0 Å². The summed E-state index contributed by atoms with van der Waals surface area (Å²) in [5.74, 6) is 1.65. The van der Waals surface area contributed by atoms with Crippen molar-refractivity contribution in [2.45, 2.75) is 26.5 Å². The number of nitrogens with two attached hydrogens (primary N) is 1. The molecule has 0 bridgehead atoms. The average Bonchev–Trinajstić information content (AvgIpc) is 3.21. The smallest absolute Gasteiger partial charge is 0.140 e. The fourth-order valence-corrected chi connectivity index (χ4v) is 3.66. The summed E-state index contributed by atoms with van der Waals surface area (Å²) in [5, 5.41) is 3.13. The van der Waals surface area contributed by atoms with Gasteiger partial charge < -0.3 is 15.2 Å². The zero-order valence-electron chi connectivity index (χ0n) is 14.7. The molecule has 3 rings (SSSR count). The van der Waals surface area contributed by atoms with Gasteiger partial charge in [0.25, 0.3) is 0 Å². The quantitative estimate of drug-likeness (QED) is 0.794. The third-order valence-corrected chi connectivity index (χ3v) is 5.41. The molecule has 0 radical (unpaired) electrons. The molecule has 1 saturated heterocycles. The van der Waals surface area contributed by atoms with Crippen molar-refractivity contribution < 1.29 is 9.47 Å². The minimum Gasteiger partial charge on any atom is -0.497 e. The monoisotopic (exact) mass is 383 g/mol. The van der Waals surface area contributed by atoms with Crippen molar-refractivity contribution in [1.29, 1.82) is 0 Å². The van der Waals surface area contributed by atoms with Gasteiger partial charge in [-0.05, 0) is 49.2 Å². The number of nitrogens with zero attached hydrogens (tertiary/aromatic N) is 2. The van der Waals surface area contributed by atoms with Crippen LogP contribution in [-0.4, -0.2) is 36.6 Å². The summed E-state index contributed by atoms with van der Waals surface area (Å²) in [5.41, 5.74) is 7.26. The molecule has 1 unspecified atom stereocenters. The Labute approximate surface area is 159 Å². The van der Waals surface area contributed by atoms with E-state index in [-0.39, 0.29) is 17.8 Å². The maximum Gasteiger partial charge on any atom is 0.140 e. The normalized spacial score (nSPS) is 20.3. The number of methoxy groups -OCH3 is 1. The Kier molecular flexibility index (Phi) is 7.07. The maximum atomic E-state index is 5.88. The highest BCUT2D eigenvalue weighted by molar-refractivity contribution is 7.09. The van der Waals surface area contributed by atoms with Gasteiger partial charge in [0.05, 0.1) is 12.8 Å². The summed E-state index contributed by atoms with van der Waals surface area (Å²) in [6.45, 7) is 6.57. The molecule has 1 aromatic carbocycles. The van der Waals surface area contributed by atoms with Crippen LogP contribution >= 0.6 is 23.7 Å². The minimum atomic E-state index is 0. The number of aromatic nitrogens is 1. The predicted octanol–water partition coefficient (Wildman–Crippen LogP) is 3.32. The van der Waals surface area contributed by atoms with Crippen LogP contribution in [0.5, 0.6) is 11.5 Å². The molecule has 7 heteroatoms. The van der Waals surface area contributed by atoms with Gasteiger partial charge in [0, 0.05) is 18.5 Å². The predicted molar refractivity (Wildman–Crippen MR) is 104 cm³/mol. The first kappa shape index (κ1) is 20.0. The number of ether oxygens (including phenoxy) is 2. The standard InChI is InChI=1S/C18H25N3O2S.ClH/c1-18(12-19)7-8-21(13-18)9-14-11-24-17(20-14)10-23-16-5-3-15(22-2)4-6-16;/h3-6,11H,7-10,12-13,19H2,1-2H3;1H. The number of thiazole rings is 1. The molecule has 138 valence electrons. The van der Waals surface area contributed by atoms with Crippen molar-refractivity contribution in [1.82, 2.24) is 9.88 Å². The Morgan fingerprint density at radius 2 is 2.00 bits per heavy atom. The van der Waals surface area contributed by atoms with Crippen molar-refractivity contribution in [2.75, 3.05) is 26.7 Å². The lowest BCUT2D eigenvalue weighted by atomic mass is 9.90. The van der Waals surface area contributed by atoms with Gasteiger partial charge in [-0.15, -0.1) is 23.7 Å². The molecule has 1 aliphatic heterocycles. The van der Waals surface area contributed by atoms with Crippen molar-refractivity contribution in [3.05, 3.63) is 40.3 Å². The van der Waals surface area contributed by atoms with Crippen LogP contribution in [0.15, 0.2) is 29.6 Å². The molecule has 0 amide bonds. The molecule has 0 aliphatic carbocycles. The van der Waals surface area contributed by atoms with Gasteiger partial charge in [0.2, 0.25) is 0 Å². The fourth-order valence-electron chi connectivity index (χ4n) is 2.96. The molecule has 2 aromatic rings. The highest BCUT2D eigenvalue weighted by atomic mass is 35.5. The molecule has 1 atom stereocenters. The summed E-state index contributed by atoms with van der Waals surface area (Å²) in [4.78, 5) is 7.13. The Balaban J connectivity index is 0.00000225. The van der Waals surface area contributed by atoms with Crippen LogP contribution in [0.25, 0.3) is 0 Å². The van der Waals surface area contributed by atoms with E-state index in [0.717, 1.165) is 48.4 Å².